The molecule has 2 aromatic rings. The third-order valence-corrected chi connectivity index (χ3v) is 2.39. The molecule has 0 amide bonds. The molecule has 0 fully saturated rings. The van der Waals surface area contributed by atoms with Gasteiger partial charge in [0.15, 0.2) is 0 Å². The Hall–Kier alpha value is -1.87. The molecule has 0 unspecified atom stereocenters. The lowest BCUT2D eigenvalue weighted by Gasteiger charge is -2.02. The van der Waals surface area contributed by atoms with E-state index in [1.165, 1.54) is 6.07 Å². The van der Waals surface area contributed by atoms with E-state index in [9.17, 15) is 10.1 Å². The Balaban J connectivity index is 2.60. The third kappa shape index (κ3) is 2.04. The molecule has 0 N–H and O–H groups in total. The normalized spacial score (nSPS) is 10.1. The smallest absolute Gasteiger partial charge is 0.258 e. The fraction of sp³-hybridized carbons (Fsp3) is 0. The summed E-state index contributed by atoms with van der Waals surface area (Å²) in [7, 11) is 0. The van der Waals surface area contributed by atoms with Crippen LogP contribution in [0.15, 0.2) is 42.5 Å². The molecule has 0 aliphatic rings. The lowest BCUT2D eigenvalue weighted by Crippen LogP contribution is -1.91. The van der Waals surface area contributed by atoms with Crippen molar-refractivity contribution in [2.75, 3.05) is 0 Å². The maximum Gasteiger partial charge on any atom is 0.285 e. The highest BCUT2D eigenvalue weighted by Gasteiger charge is 2.14. The average Bonchev–Trinajstić information content (AvgIpc) is 2.29. The van der Waals surface area contributed by atoms with Crippen molar-refractivity contribution in [2.24, 2.45) is 0 Å². The molecule has 0 aliphatic heterocycles. The zero-order valence-electron chi connectivity index (χ0n) is 8.18. The Labute approximate surface area is 97.4 Å². The number of rotatable bonds is 2. The van der Waals surface area contributed by atoms with E-state index in [2.05, 4.69) is 6.07 Å². The number of benzene rings is 2. The highest BCUT2D eigenvalue weighted by atomic mass is 35.5. The minimum absolute atomic E-state index is 0.0373. The van der Waals surface area contributed by atoms with Crippen LogP contribution in [0.4, 0.5) is 5.69 Å². The number of hydrogen-bond donors (Lipinski definition) is 0. The average molecular weight is 233 g/mol. The molecular formula is C12H7ClNO2. The van der Waals surface area contributed by atoms with Gasteiger partial charge in [0.1, 0.15) is 0 Å². The molecule has 0 aliphatic carbocycles. The minimum Gasteiger partial charge on any atom is -0.258 e. The molecule has 0 aromatic heterocycles. The van der Waals surface area contributed by atoms with Crippen molar-refractivity contribution in [2.45, 2.75) is 0 Å². The number of para-hydroxylation sites is 1. The van der Waals surface area contributed by atoms with Gasteiger partial charge < -0.3 is 0 Å². The Bertz CT molecular complexity index is 540. The van der Waals surface area contributed by atoms with E-state index in [1.807, 2.05) is 0 Å². The summed E-state index contributed by atoms with van der Waals surface area (Å²) in [5.41, 5.74) is 1.20. The van der Waals surface area contributed by atoms with Crippen LogP contribution in [0.3, 0.4) is 0 Å². The van der Waals surface area contributed by atoms with E-state index in [1.54, 1.807) is 36.4 Å². The number of nitro groups is 1. The number of halogens is 1. The zero-order chi connectivity index (χ0) is 11.5. The van der Waals surface area contributed by atoms with E-state index in [4.69, 9.17) is 11.6 Å². The van der Waals surface area contributed by atoms with Crippen molar-refractivity contribution in [3.8, 4) is 11.1 Å². The molecule has 0 heterocycles. The van der Waals surface area contributed by atoms with Crippen molar-refractivity contribution in [1.82, 2.24) is 0 Å². The second-order valence-electron chi connectivity index (χ2n) is 3.20. The van der Waals surface area contributed by atoms with Crippen molar-refractivity contribution in [3.05, 3.63) is 63.7 Å². The molecule has 0 saturated carbocycles. The lowest BCUT2D eigenvalue weighted by molar-refractivity contribution is -0.384. The first-order valence-corrected chi connectivity index (χ1v) is 4.97. The van der Waals surface area contributed by atoms with Gasteiger partial charge in [-0.2, -0.15) is 0 Å². The van der Waals surface area contributed by atoms with E-state index < -0.39 is 4.92 Å². The van der Waals surface area contributed by atoms with Crippen LogP contribution < -0.4 is 0 Å². The maximum atomic E-state index is 10.8. The van der Waals surface area contributed by atoms with Gasteiger partial charge in [-0.05, 0) is 29.8 Å². The summed E-state index contributed by atoms with van der Waals surface area (Å²) in [6.45, 7) is 0. The van der Waals surface area contributed by atoms with Crippen LogP contribution in [0.1, 0.15) is 0 Å². The van der Waals surface area contributed by atoms with Crippen molar-refractivity contribution >= 4 is 17.3 Å². The van der Waals surface area contributed by atoms with Crippen LogP contribution in [-0.2, 0) is 0 Å². The first kappa shape index (κ1) is 10.6. The van der Waals surface area contributed by atoms with Gasteiger partial charge in [-0.15, -0.1) is 0 Å². The molecule has 3 nitrogen and oxygen atoms in total. The molecule has 0 spiro atoms. The van der Waals surface area contributed by atoms with Crippen molar-refractivity contribution in [1.29, 1.82) is 0 Å². The molecule has 16 heavy (non-hydrogen) atoms. The molecule has 4 heteroatoms. The quantitative estimate of drug-likeness (QED) is 0.585. The standard InChI is InChI=1S/C12H7ClNO2/c13-10-5-3-4-9(8-10)11-6-1-2-7-12(11)14(15)16/h1-6,8H. The SMILES string of the molecule is O=[N+]([O-])c1[c]cccc1-c1cccc(Cl)c1. The molecule has 0 atom stereocenters. The van der Waals surface area contributed by atoms with E-state index >= 15 is 0 Å². The second kappa shape index (κ2) is 4.33. The van der Waals surface area contributed by atoms with Crippen LogP contribution in [-0.4, -0.2) is 4.92 Å². The predicted molar refractivity (Wildman–Crippen MR) is 62.4 cm³/mol. The Morgan fingerprint density at radius 1 is 1.25 bits per heavy atom. The highest BCUT2D eigenvalue weighted by molar-refractivity contribution is 6.30. The van der Waals surface area contributed by atoms with Gasteiger partial charge in [0.05, 0.1) is 16.6 Å². The predicted octanol–water partition coefficient (Wildman–Crippen LogP) is 3.72. The number of hydrogen-bond acceptors (Lipinski definition) is 2. The van der Waals surface area contributed by atoms with Gasteiger partial charge in [0.25, 0.3) is 5.69 Å². The van der Waals surface area contributed by atoms with Crippen LogP contribution >= 0.6 is 11.6 Å². The van der Waals surface area contributed by atoms with E-state index in [0.29, 0.717) is 10.6 Å². The Morgan fingerprint density at radius 3 is 2.75 bits per heavy atom. The Morgan fingerprint density at radius 2 is 2.06 bits per heavy atom. The van der Waals surface area contributed by atoms with Gasteiger partial charge in [0, 0.05) is 5.02 Å². The first-order valence-electron chi connectivity index (χ1n) is 4.59. The van der Waals surface area contributed by atoms with Crippen LogP contribution in [0.2, 0.25) is 5.02 Å². The fourth-order valence-corrected chi connectivity index (χ4v) is 1.66. The van der Waals surface area contributed by atoms with Crippen LogP contribution in [0.25, 0.3) is 11.1 Å². The summed E-state index contributed by atoms with van der Waals surface area (Å²) in [6, 6.07) is 14.5. The summed E-state index contributed by atoms with van der Waals surface area (Å²) in [6.07, 6.45) is 0. The van der Waals surface area contributed by atoms with Crippen LogP contribution in [0, 0.1) is 16.2 Å². The molecular weight excluding hydrogens is 226 g/mol. The van der Waals surface area contributed by atoms with Gasteiger partial charge in [-0.1, -0.05) is 29.8 Å². The number of nitrogens with zero attached hydrogens (tertiary/aromatic N) is 1. The molecule has 1 radical (unpaired) electrons. The largest absolute Gasteiger partial charge is 0.285 e. The van der Waals surface area contributed by atoms with E-state index in [-0.39, 0.29) is 5.69 Å². The summed E-state index contributed by atoms with van der Waals surface area (Å²) in [5, 5.41) is 11.4. The van der Waals surface area contributed by atoms with E-state index in [0.717, 1.165) is 5.56 Å². The summed E-state index contributed by atoms with van der Waals surface area (Å²) < 4.78 is 0. The minimum atomic E-state index is -0.448. The highest BCUT2D eigenvalue weighted by Crippen LogP contribution is 2.30. The number of nitro benzene ring substituents is 1. The second-order valence-corrected chi connectivity index (χ2v) is 3.64. The van der Waals surface area contributed by atoms with Gasteiger partial charge in [0.2, 0.25) is 0 Å². The summed E-state index contributed by atoms with van der Waals surface area (Å²) in [4.78, 5) is 10.4. The van der Waals surface area contributed by atoms with Crippen LogP contribution in [0.5, 0.6) is 0 Å². The lowest BCUT2D eigenvalue weighted by atomic mass is 10.0. The topological polar surface area (TPSA) is 43.1 Å². The van der Waals surface area contributed by atoms with Gasteiger partial charge in [-0.3, -0.25) is 10.1 Å². The summed E-state index contributed by atoms with van der Waals surface area (Å²) >= 11 is 5.85. The van der Waals surface area contributed by atoms with Gasteiger partial charge >= 0.3 is 0 Å². The van der Waals surface area contributed by atoms with Crippen molar-refractivity contribution < 1.29 is 4.92 Å². The fourth-order valence-electron chi connectivity index (χ4n) is 1.47. The summed E-state index contributed by atoms with van der Waals surface area (Å²) in [5.74, 6) is 0. The van der Waals surface area contributed by atoms with Crippen molar-refractivity contribution in [3.63, 3.8) is 0 Å². The zero-order valence-corrected chi connectivity index (χ0v) is 8.94. The van der Waals surface area contributed by atoms with Gasteiger partial charge in [-0.25, -0.2) is 0 Å². The molecule has 0 bridgehead atoms. The molecule has 79 valence electrons. The maximum absolute atomic E-state index is 10.8. The molecule has 2 aromatic carbocycles. The first-order chi connectivity index (χ1) is 7.68. The monoisotopic (exact) mass is 232 g/mol. The molecule has 0 saturated heterocycles. The Kier molecular flexibility index (Phi) is 2.88. The third-order valence-electron chi connectivity index (χ3n) is 2.15. The molecule has 2 rings (SSSR count).